The summed E-state index contributed by atoms with van der Waals surface area (Å²) in [5, 5.41) is 17.6. The molecule has 2 aromatic heterocycles. The minimum Gasteiger partial charge on any atom is -0.476 e. The Bertz CT molecular complexity index is 759. The monoisotopic (exact) mass is 258 g/mol. The summed E-state index contributed by atoms with van der Waals surface area (Å²) in [5.74, 6) is -0.133. The van der Waals surface area contributed by atoms with Crippen LogP contribution in [0.1, 0.15) is 22.2 Å². The van der Waals surface area contributed by atoms with Crippen molar-refractivity contribution in [2.45, 2.75) is 13.5 Å². The first-order valence-corrected chi connectivity index (χ1v) is 5.63. The minimum absolute atomic E-state index is 0.0239. The highest BCUT2D eigenvalue weighted by Crippen LogP contribution is 2.19. The zero-order valence-corrected chi connectivity index (χ0v) is 10.1. The van der Waals surface area contributed by atoms with Crippen LogP contribution in [0.25, 0.3) is 10.9 Å². The van der Waals surface area contributed by atoms with E-state index in [1.165, 1.54) is 0 Å². The molecule has 1 N–H and O–H groups in total. The van der Waals surface area contributed by atoms with Crippen LogP contribution in [0.2, 0.25) is 0 Å². The van der Waals surface area contributed by atoms with E-state index in [2.05, 4.69) is 15.2 Å². The van der Waals surface area contributed by atoms with Gasteiger partial charge >= 0.3 is 5.97 Å². The van der Waals surface area contributed by atoms with Gasteiger partial charge in [0.25, 0.3) is 0 Å². The molecular weight excluding hydrogens is 248 g/mol. The fourth-order valence-electron chi connectivity index (χ4n) is 1.95. The number of carbonyl (C=O) groups is 1. The first kappa shape index (κ1) is 11.4. The Morgan fingerprint density at radius 1 is 1.42 bits per heavy atom. The second-order valence-corrected chi connectivity index (χ2v) is 4.06. The zero-order chi connectivity index (χ0) is 13.4. The van der Waals surface area contributed by atoms with Crippen LogP contribution in [0.4, 0.5) is 0 Å². The number of fused-ring (bicyclic) bond motifs is 1. The summed E-state index contributed by atoms with van der Waals surface area (Å²) in [4.78, 5) is 15.2. The molecule has 0 fully saturated rings. The molecule has 0 aliphatic rings. The Labute approximate surface area is 107 Å². The van der Waals surface area contributed by atoms with Gasteiger partial charge in [0.05, 0.1) is 5.52 Å². The fraction of sp³-hybridized carbons (Fsp3) is 0.167. The van der Waals surface area contributed by atoms with Crippen molar-refractivity contribution < 1.29 is 14.4 Å². The van der Waals surface area contributed by atoms with Gasteiger partial charge < -0.3 is 9.63 Å². The van der Waals surface area contributed by atoms with E-state index in [0.717, 1.165) is 5.52 Å². The minimum atomic E-state index is -1.06. The van der Waals surface area contributed by atoms with Gasteiger partial charge in [0.15, 0.2) is 11.5 Å². The SMILES string of the molecule is Cc1nc(Cn2nc(C(=O)O)c3ccccc32)no1. The molecule has 7 nitrogen and oxygen atoms in total. The third kappa shape index (κ3) is 1.95. The lowest BCUT2D eigenvalue weighted by atomic mass is 10.2. The highest BCUT2D eigenvalue weighted by Gasteiger charge is 2.16. The van der Waals surface area contributed by atoms with Gasteiger partial charge in [-0.1, -0.05) is 23.4 Å². The molecule has 1 aromatic carbocycles. The van der Waals surface area contributed by atoms with Crippen molar-refractivity contribution in [1.29, 1.82) is 0 Å². The Kier molecular flexibility index (Phi) is 2.52. The van der Waals surface area contributed by atoms with Crippen LogP contribution in [0.15, 0.2) is 28.8 Å². The summed E-state index contributed by atoms with van der Waals surface area (Å²) in [6.45, 7) is 1.96. The second-order valence-electron chi connectivity index (χ2n) is 4.06. The zero-order valence-electron chi connectivity index (χ0n) is 10.1. The molecular formula is C12H10N4O3. The van der Waals surface area contributed by atoms with Crippen LogP contribution in [-0.2, 0) is 6.54 Å². The molecule has 3 aromatic rings. The topological polar surface area (TPSA) is 94.0 Å². The number of hydrogen-bond donors (Lipinski definition) is 1. The highest BCUT2D eigenvalue weighted by atomic mass is 16.5. The normalized spacial score (nSPS) is 11.0. The van der Waals surface area contributed by atoms with Crippen LogP contribution in [0.5, 0.6) is 0 Å². The van der Waals surface area contributed by atoms with E-state index < -0.39 is 5.97 Å². The predicted octanol–water partition coefficient (Wildman–Crippen LogP) is 1.47. The van der Waals surface area contributed by atoms with E-state index in [9.17, 15) is 4.79 Å². The van der Waals surface area contributed by atoms with Crippen LogP contribution < -0.4 is 0 Å². The lowest BCUT2D eigenvalue weighted by Crippen LogP contribution is -2.05. The molecule has 19 heavy (non-hydrogen) atoms. The molecule has 3 rings (SSSR count). The van der Waals surface area contributed by atoms with Crippen molar-refractivity contribution in [3.8, 4) is 0 Å². The van der Waals surface area contributed by atoms with E-state index in [0.29, 0.717) is 17.1 Å². The Morgan fingerprint density at radius 3 is 2.89 bits per heavy atom. The lowest BCUT2D eigenvalue weighted by molar-refractivity contribution is 0.0691. The summed E-state index contributed by atoms with van der Waals surface area (Å²) in [6.07, 6.45) is 0. The van der Waals surface area contributed by atoms with Crippen molar-refractivity contribution >= 4 is 16.9 Å². The number of carboxylic acids is 1. The largest absolute Gasteiger partial charge is 0.476 e. The number of aryl methyl sites for hydroxylation is 1. The maximum atomic E-state index is 11.2. The van der Waals surface area contributed by atoms with Gasteiger partial charge in [-0.2, -0.15) is 10.1 Å². The molecule has 2 heterocycles. The molecule has 0 saturated carbocycles. The number of rotatable bonds is 3. The van der Waals surface area contributed by atoms with Gasteiger partial charge in [0.1, 0.15) is 6.54 Å². The molecule has 0 aliphatic carbocycles. The Morgan fingerprint density at radius 2 is 2.21 bits per heavy atom. The van der Waals surface area contributed by atoms with Gasteiger partial charge in [-0.25, -0.2) is 4.79 Å². The summed E-state index contributed by atoms with van der Waals surface area (Å²) in [5.41, 5.74) is 0.748. The maximum Gasteiger partial charge on any atom is 0.357 e. The van der Waals surface area contributed by atoms with Gasteiger partial charge in [-0.3, -0.25) is 4.68 Å². The average Bonchev–Trinajstić information content (AvgIpc) is 2.95. The van der Waals surface area contributed by atoms with Crippen LogP contribution >= 0.6 is 0 Å². The standard InChI is InChI=1S/C12H10N4O3/c1-7-13-10(15-19-7)6-16-9-5-3-2-4-8(9)11(14-16)12(17)18/h2-5H,6H2,1H3,(H,17,18). The fourth-order valence-corrected chi connectivity index (χ4v) is 1.95. The number of aromatic carboxylic acids is 1. The molecule has 0 radical (unpaired) electrons. The third-order valence-electron chi connectivity index (χ3n) is 2.72. The number of carboxylic acid groups (broad SMARTS) is 1. The Balaban J connectivity index is 2.11. The van der Waals surface area contributed by atoms with E-state index in [1.54, 1.807) is 23.7 Å². The van der Waals surface area contributed by atoms with Crippen LogP contribution in [0, 0.1) is 6.92 Å². The van der Waals surface area contributed by atoms with Gasteiger partial charge in [0.2, 0.25) is 5.89 Å². The van der Waals surface area contributed by atoms with E-state index in [1.807, 2.05) is 12.1 Å². The summed E-state index contributed by atoms with van der Waals surface area (Å²) < 4.78 is 6.44. The van der Waals surface area contributed by atoms with E-state index in [-0.39, 0.29) is 12.2 Å². The molecule has 0 amide bonds. The molecule has 0 unspecified atom stereocenters. The summed E-state index contributed by atoms with van der Waals surface area (Å²) >= 11 is 0. The van der Waals surface area contributed by atoms with Crippen molar-refractivity contribution in [3.63, 3.8) is 0 Å². The lowest BCUT2D eigenvalue weighted by Gasteiger charge is -1.98. The van der Waals surface area contributed by atoms with Gasteiger partial charge in [0, 0.05) is 12.3 Å². The summed E-state index contributed by atoms with van der Waals surface area (Å²) in [7, 11) is 0. The number of para-hydroxylation sites is 1. The molecule has 0 bridgehead atoms. The molecule has 7 heteroatoms. The van der Waals surface area contributed by atoms with Crippen LogP contribution in [0.3, 0.4) is 0 Å². The molecule has 0 aliphatic heterocycles. The van der Waals surface area contributed by atoms with Crippen molar-refractivity contribution in [3.05, 3.63) is 41.7 Å². The average molecular weight is 258 g/mol. The molecule has 96 valence electrons. The number of aromatic nitrogens is 4. The summed E-state index contributed by atoms with van der Waals surface area (Å²) in [6, 6.07) is 7.14. The van der Waals surface area contributed by atoms with E-state index >= 15 is 0 Å². The van der Waals surface area contributed by atoms with Gasteiger partial charge in [-0.15, -0.1) is 0 Å². The molecule has 0 atom stereocenters. The molecule has 0 saturated heterocycles. The predicted molar refractivity (Wildman–Crippen MR) is 64.8 cm³/mol. The van der Waals surface area contributed by atoms with Crippen molar-refractivity contribution in [2.75, 3.05) is 0 Å². The smallest absolute Gasteiger partial charge is 0.357 e. The third-order valence-corrected chi connectivity index (χ3v) is 2.72. The first-order chi connectivity index (χ1) is 9.15. The molecule has 0 spiro atoms. The number of benzene rings is 1. The second kappa shape index (κ2) is 4.20. The van der Waals surface area contributed by atoms with Crippen molar-refractivity contribution in [1.82, 2.24) is 19.9 Å². The highest BCUT2D eigenvalue weighted by molar-refractivity contribution is 6.01. The number of nitrogens with zero attached hydrogens (tertiary/aromatic N) is 4. The first-order valence-electron chi connectivity index (χ1n) is 5.63. The Hall–Kier alpha value is -2.70. The number of hydrogen-bond acceptors (Lipinski definition) is 5. The van der Waals surface area contributed by atoms with Crippen molar-refractivity contribution in [2.24, 2.45) is 0 Å². The van der Waals surface area contributed by atoms with Crippen LogP contribution in [-0.4, -0.2) is 31.0 Å². The van der Waals surface area contributed by atoms with Gasteiger partial charge in [-0.05, 0) is 6.07 Å². The maximum absolute atomic E-state index is 11.2. The van der Waals surface area contributed by atoms with E-state index in [4.69, 9.17) is 9.63 Å². The quantitative estimate of drug-likeness (QED) is 0.764.